The van der Waals surface area contributed by atoms with Crippen LogP contribution < -0.4 is 0 Å². The van der Waals surface area contributed by atoms with Gasteiger partial charge in [0.1, 0.15) is 0 Å². The number of hydrogen-bond donors (Lipinski definition) is 0. The minimum Gasteiger partial charge on any atom is -0.462 e. The van der Waals surface area contributed by atoms with Crippen LogP contribution in [0.5, 0.6) is 0 Å². The molecule has 1 aliphatic carbocycles. The van der Waals surface area contributed by atoms with Gasteiger partial charge in [-0.2, -0.15) is 0 Å². The predicted molar refractivity (Wildman–Crippen MR) is 95.1 cm³/mol. The molecule has 3 rings (SSSR count). The largest absolute Gasteiger partial charge is 0.462 e. The first kappa shape index (κ1) is 18.3. The third-order valence-electron chi connectivity index (χ3n) is 5.19. The van der Waals surface area contributed by atoms with Crippen molar-refractivity contribution in [3.05, 3.63) is 35.9 Å². The monoisotopic (exact) mass is 337 g/mol. The first-order valence-corrected chi connectivity index (χ1v) is 8.81. The van der Waals surface area contributed by atoms with Gasteiger partial charge in [-0.05, 0) is 56.7 Å². The van der Waals surface area contributed by atoms with Gasteiger partial charge in [0.2, 0.25) is 0 Å². The Balaban J connectivity index is 0.00000192. The van der Waals surface area contributed by atoms with Crippen LogP contribution in [0.25, 0.3) is 0 Å². The third kappa shape index (κ3) is 4.95. The highest BCUT2D eigenvalue weighted by atomic mass is 35.5. The minimum absolute atomic E-state index is 0. The van der Waals surface area contributed by atoms with Gasteiger partial charge in [0.15, 0.2) is 0 Å². The number of benzene rings is 1. The lowest BCUT2D eigenvalue weighted by Crippen LogP contribution is -2.47. The van der Waals surface area contributed by atoms with Crippen LogP contribution >= 0.6 is 12.4 Å². The van der Waals surface area contributed by atoms with E-state index in [1.165, 1.54) is 45.1 Å². The van der Waals surface area contributed by atoms with Crippen molar-refractivity contribution in [3.8, 4) is 0 Å². The van der Waals surface area contributed by atoms with Gasteiger partial charge in [-0.25, -0.2) is 4.79 Å². The summed E-state index contributed by atoms with van der Waals surface area (Å²) in [4.78, 5) is 14.5. The number of piperidine rings is 1. The molecule has 0 aromatic heterocycles. The van der Waals surface area contributed by atoms with Crippen LogP contribution in [0.4, 0.5) is 0 Å². The van der Waals surface area contributed by atoms with Crippen molar-refractivity contribution in [1.82, 2.24) is 4.90 Å². The molecule has 1 aromatic rings. The van der Waals surface area contributed by atoms with Crippen LogP contribution in [-0.4, -0.2) is 36.6 Å². The maximum atomic E-state index is 11.9. The van der Waals surface area contributed by atoms with Crippen LogP contribution in [0.2, 0.25) is 0 Å². The molecule has 128 valence electrons. The van der Waals surface area contributed by atoms with E-state index in [4.69, 9.17) is 4.74 Å². The molecule has 0 radical (unpaired) electrons. The summed E-state index contributed by atoms with van der Waals surface area (Å²) in [5.41, 5.74) is 0.646. The maximum Gasteiger partial charge on any atom is 0.338 e. The summed E-state index contributed by atoms with van der Waals surface area (Å²) < 4.78 is 5.39. The molecule has 2 aliphatic rings. The quantitative estimate of drug-likeness (QED) is 0.592. The molecule has 23 heavy (non-hydrogen) atoms. The van der Waals surface area contributed by atoms with Crippen molar-refractivity contribution in [3.63, 3.8) is 0 Å². The molecule has 1 aliphatic heterocycles. The normalized spacial score (nSPS) is 24.3. The van der Waals surface area contributed by atoms with E-state index in [2.05, 4.69) is 4.90 Å². The molecule has 2 fully saturated rings. The molecule has 1 aromatic carbocycles. The number of carbonyl (C=O) groups excluding carboxylic acids is 1. The molecule has 4 heteroatoms. The second kappa shape index (κ2) is 9.29. The molecule has 1 saturated heterocycles. The van der Waals surface area contributed by atoms with Crippen LogP contribution in [0.15, 0.2) is 30.3 Å². The van der Waals surface area contributed by atoms with E-state index in [0.717, 1.165) is 24.9 Å². The third-order valence-corrected chi connectivity index (χ3v) is 5.19. The van der Waals surface area contributed by atoms with Gasteiger partial charge in [0.25, 0.3) is 0 Å². The number of esters is 1. The van der Waals surface area contributed by atoms with E-state index >= 15 is 0 Å². The average molecular weight is 338 g/mol. The highest BCUT2D eigenvalue weighted by Gasteiger charge is 2.32. The van der Waals surface area contributed by atoms with Gasteiger partial charge in [-0.15, -0.1) is 12.4 Å². The van der Waals surface area contributed by atoms with E-state index < -0.39 is 0 Å². The van der Waals surface area contributed by atoms with Crippen molar-refractivity contribution in [2.24, 2.45) is 5.92 Å². The molecular weight excluding hydrogens is 310 g/mol. The molecule has 2 atom stereocenters. The Morgan fingerprint density at radius 1 is 1.09 bits per heavy atom. The summed E-state index contributed by atoms with van der Waals surface area (Å²) >= 11 is 0. The molecule has 0 amide bonds. The second-order valence-corrected chi connectivity index (χ2v) is 6.65. The number of ether oxygens (including phenoxy) is 1. The van der Waals surface area contributed by atoms with Gasteiger partial charge < -0.3 is 4.74 Å². The molecule has 0 spiro atoms. The van der Waals surface area contributed by atoms with Crippen LogP contribution in [0.3, 0.4) is 0 Å². The second-order valence-electron chi connectivity index (χ2n) is 6.65. The summed E-state index contributed by atoms with van der Waals surface area (Å²) in [5.74, 6) is 0.726. The Hall–Kier alpha value is -1.06. The first-order valence-electron chi connectivity index (χ1n) is 8.81. The Morgan fingerprint density at radius 2 is 1.83 bits per heavy atom. The fourth-order valence-corrected chi connectivity index (χ4v) is 4.10. The Bertz CT molecular complexity index is 478. The Morgan fingerprint density at radius 3 is 2.65 bits per heavy atom. The zero-order chi connectivity index (χ0) is 15.2. The lowest BCUT2D eigenvalue weighted by atomic mass is 9.78. The average Bonchev–Trinajstić information content (AvgIpc) is 2.59. The number of likely N-dealkylation sites (tertiary alicyclic amines) is 1. The molecule has 3 nitrogen and oxygen atoms in total. The summed E-state index contributed by atoms with van der Waals surface area (Å²) in [6.07, 6.45) is 9.31. The van der Waals surface area contributed by atoms with E-state index in [1.54, 1.807) is 12.1 Å². The number of nitrogens with zero attached hydrogens (tertiary/aromatic N) is 1. The predicted octanol–water partition coefficient (Wildman–Crippen LogP) is 4.31. The fraction of sp³-hybridized carbons (Fsp3) is 0.632. The van der Waals surface area contributed by atoms with E-state index in [1.807, 2.05) is 18.2 Å². The molecule has 0 bridgehead atoms. The van der Waals surface area contributed by atoms with Crippen molar-refractivity contribution in [1.29, 1.82) is 0 Å². The number of halogens is 1. The summed E-state index contributed by atoms with van der Waals surface area (Å²) in [7, 11) is 0. The van der Waals surface area contributed by atoms with Crippen LogP contribution in [-0.2, 0) is 4.74 Å². The molecule has 0 N–H and O–H groups in total. The lowest BCUT2D eigenvalue weighted by molar-refractivity contribution is 0.0388. The van der Waals surface area contributed by atoms with E-state index in [9.17, 15) is 4.79 Å². The van der Waals surface area contributed by atoms with Gasteiger partial charge in [0.05, 0.1) is 12.2 Å². The number of hydrogen-bond acceptors (Lipinski definition) is 3. The minimum atomic E-state index is -0.199. The van der Waals surface area contributed by atoms with Crippen LogP contribution in [0.1, 0.15) is 55.3 Å². The smallest absolute Gasteiger partial charge is 0.338 e. The number of carbonyl (C=O) groups is 1. The number of rotatable bonds is 5. The molecule has 2 unspecified atom stereocenters. The maximum absolute atomic E-state index is 11.9. The Kier molecular flexibility index (Phi) is 7.38. The molecular formula is C19H28ClNO2. The van der Waals surface area contributed by atoms with E-state index in [0.29, 0.717) is 12.2 Å². The zero-order valence-electron chi connectivity index (χ0n) is 13.8. The van der Waals surface area contributed by atoms with Crippen molar-refractivity contribution in [2.45, 2.75) is 51.0 Å². The standard InChI is InChI=1S/C19H27NO2.ClH/c21-19(17-9-2-1-3-10-17)22-15-7-14-20-13-6-11-16-8-4-5-12-18(16)20;/h1-3,9-10,16,18H,4-8,11-15H2;1H. The van der Waals surface area contributed by atoms with Gasteiger partial charge >= 0.3 is 5.97 Å². The molecule has 1 saturated carbocycles. The number of fused-ring (bicyclic) bond motifs is 1. The fourth-order valence-electron chi connectivity index (χ4n) is 4.10. The van der Waals surface area contributed by atoms with Gasteiger partial charge in [-0.3, -0.25) is 4.90 Å². The summed E-state index contributed by atoms with van der Waals surface area (Å²) in [5, 5.41) is 0. The van der Waals surface area contributed by atoms with Crippen LogP contribution in [0, 0.1) is 5.92 Å². The highest BCUT2D eigenvalue weighted by Crippen LogP contribution is 2.35. The lowest BCUT2D eigenvalue weighted by Gasteiger charge is -2.44. The van der Waals surface area contributed by atoms with Crippen molar-refractivity contribution >= 4 is 18.4 Å². The first-order chi connectivity index (χ1) is 10.8. The van der Waals surface area contributed by atoms with Crippen molar-refractivity contribution in [2.75, 3.05) is 19.7 Å². The summed E-state index contributed by atoms with van der Waals surface area (Å²) in [6.45, 7) is 2.83. The molecule has 1 heterocycles. The topological polar surface area (TPSA) is 29.5 Å². The van der Waals surface area contributed by atoms with Crippen molar-refractivity contribution < 1.29 is 9.53 Å². The van der Waals surface area contributed by atoms with Gasteiger partial charge in [0, 0.05) is 12.6 Å². The zero-order valence-corrected chi connectivity index (χ0v) is 14.6. The summed E-state index contributed by atoms with van der Waals surface area (Å²) in [6, 6.07) is 10.1. The highest BCUT2D eigenvalue weighted by molar-refractivity contribution is 5.89. The SMILES string of the molecule is Cl.O=C(OCCCN1CCCC2CCCCC21)c1ccccc1. The van der Waals surface area contributed by atoms with Gasteiger partial charge in [-0.1, -0.05) is 31.0 Å². The Labute approximate surface area is 145 Å². The van der Waals surface area contributed by atoms with E-state index in [-0.39, 0.29) is 18.4 Å².